The number of nitrogens with two attached hydrogens (primary N) is 1. The van der Waals surface area contributed by atoms with Gasteiger partial charge in [-0.2, -0.15) is 0 Å². The van der Waals surface area contributed by atoms with Crippen LogP contribution >= 0.6 is 0 Å². The zero-order valence-electron chi connectivity index (χ0n) is 11.1. The summed E-state index contributed by atoms with van der Waals surface area (Å²) in [6.45, 7) is 1.65. The van der Waals surface area contributed by atoms with Crippen LogP contribution in [0.4, 0.5) is 17.1 Å². The summed E-state index contributed by atoms with van der Waals surface area (Å²) in [4.78, 5) is 23.3. The van der Waals surface area contributed by atoms with E-state index in [0.717, 1.165) is 0 Å². The summed E-state index contributed by atoms with van der Waals surface area (Å²) < 4.78 is 10.1. The minimum atomic E-state index is -0.481. The van der Waals surface area contributed by atoms with Crippen LogP contribution in [0.25, 0.3) is 0 Å². The van der Waals surface area contributed by atoms with Gasteiger partial charge < -0.3 is 25.6 Å². The molecule has 2 amide bonds. The first-order chi connectivity index (χ1) is 10.0. The molecule has 3 rings (SSSR count). The van der Waals surface area contributed by atoms with Crippen molar-refractivity contribution in [2.75, 3.05) is 23.0 Å². The Hall–Kier alpha value is -3.03. The highest BCUT2D eigenvalue weighted by atomic mass is 16.5. The van der Waals surface area contributed by atoms with E-state index in [1.54, 1.807) is 6.92 Å². The Labute approximate surface area is 119 Å². The summed E-state index contributed by atoms with van der Waals surface area (Å²) in [6, 6.07) is 4.58. The number of ether oxygens (including phenoxy) is 1. The number of hydrogen-bond acceptors (Lipinski definition) is 6. The van der Waals surface area contributed by atoms with Crippen molar-refractivity contribution in [2.24, 2.45) is 0 Å². The van der Waals surface area contributed by atoms with E-state index in [1.807, 2.05) is 0 Å². The average Bonchev–Trinajstić information content (AvgIpc) is 2.87. The maximum Gasteiger partial charge on any atom is 0.294 e. The number of nitrogens with one attached hydrogen (secondary N) is 2. The molecule has 2 aromatic rings. The molecule has 0 radical (unpaired) electrons. The van der Waals surface area contributed by atoms with Crippen LogP contribution in [0.5, 0.6) is 5.75 Å². The van der Waals surface area contributed by atoms with E-state index in [1.165, 1.54) is 18.2 Å². The van der Waals surface area contributed by atoms with Crippen molar-refractivity contribution < 1.29 is 18.8 Å². The Balaban J connectivity index is 1.87. The van der Waals surface area contributed by atoms with Crippen LogP contribution in [0.1, 0.15) is 16.2 Å². The van der Waals surface area contributed by atoms with E-state index in [-0.39, 0.29) is 18.3 Å². The average molecular weight is 288 g/mol. The third kappa shape index (κ3) is 2.50. The molecule has 4 N–H and O–H groups in total. The number of benzene rings is 1. The molecule has 1 aromatic carbocycles. The zero-order chi connectivity index (χ0) is 15.0. The molecular formula is C13H12N4O4. The summed E-state index contributed by atoms with van der Waals surface area (Å²) in [7, 11) is 0. The summed E-state index contributed by atoms with van der Waals surface area (Å²) in [5, 5.41) is 8.88. The highest BCUT2D eigenvalue weighted by Crippen LogP contribution is 2.35. The lowest BCUT2D eigenvalue weighted by molar-refractivity contribution is -0.118. The quantitative estimate of drug-likeness (QED) is 0.713. The molecule has 1 aliphatic rings. The molecule has 2 heterocycles. The zero-order valence-corrected chi connectivity index (χ0v) is 11.1. The standard InChI is InChI=1S/C13H12N4O4/c1-6-2-11(21-17-6)13(19)16-8-4-9-10(3-7(8)14)20-5-12(18)15-9/h2-4H,5,14H2,1H3,(H,15,18)(H,16,19). The van der Waals surface area contributed by atoms with Gasteiger partial charge in [0, 0.05) is 12.1 Å². The van der Waals surface area contributed by atoms with E-state index in [4.69, 9.17) is 15.0 Å². The van der Waals surface area contributed by atoms with Crippen molar-refractivity contribution in [2.45, 2.75) is 6.92 Å². The molecular weight excluding hydrogens is 276 g/mol. The highest BCUT2D eigenvalue weighted by molar-refractivity contribution is 6.05. The van der Waals surface area contributed by atoms with Crippen LogP contribution in [0, 0.1) is 6.92 Å². The van der Waals surface area contributed by atoms with Gasteiger partial charge in [0.05, 0.1) is 22.8 Å². The maximum atomic E-state index is 12.0. The smallest absolute Gasteiger partial charge is 0.294 e. The third-order valence-electron chi connectivity index (χ3n) is 2.88. The number of hydrogen-bond donors (Lipinski definition) is 3. The summed E-state index contributed by atoms with van der Waals surface area (Å²) in [5.41, 5.74) is 7.56. The minimum absolute atomic E-state index is 0.0600. The second-order valence-electron chi connectivity index (χ2n) is 4.56. The topological polar surface area (TPSA) is 119 Å². The fourth-order valence-electron chi connectivity index (χ4n) is 1.90. The molecule has 108 valence electrons. The molecule has 1 aliphatic heterocycles. The van der Waals surface area contributed by atoms with Crippen molar-refractivity contribution in [1.82, 2.24) is 5.16 Å². The molecule has 0 aliphatic carbocycles. The van der Waals surface area contributed by atoms with Gasteiger partial charge in [0.1, 0.15) is 5.75 Å². The molecule has 0 spiro atoms. The third-order valence-corrected chi connectivity index (χ3v) is 2.88. The van der Waals surface area contributed by atoms with Crippen LogP contribution in [-0.4, -0.2) is 23.6 Å². The van der Waals surface area contributed by atoms with Crippen molar-refractivity contribution in [1.29, 1.82) is 0 Å². The van der Waals surface area contributed by atoms with Gasteiger partial charge in [-0.1, -0.05) is 5.16 Å². The first-order valence-electron chi connectivity index (χ1n) is 6.14. The number of nitrogens with zero attached hydrogens (tertiary/aromatic N) is 1. The normalized spacial score (nSPS) is 13.1. The van der Waals surface area contributed by atoms with Crippen molar-refractivity contribution in [3.05, 3.63) is 29.7 Å². The first kappa shape index (κ1) is 13.0. The van der Waals surface area contributed by atoms with Crippen LogP contribution < -0.4 is 21.1 Å². The van der Waals surface area contributed by atoms with E-state index in [2.05, 4.69) is 15.8 Å². The summed E-state index contributed by atoms with van der Waals surface area (Å²) >= 11 is 0. The van der Waals surface area contributed by atoms with Crippen LogP contribution in [0.2, 0.25) is 0 Å². The molecule has 0 saturated heterocycles. The number of anilines is 3. The number of nitrogen functional groups attached to an aromatic ring is 1. The predicted octanol–water partition coefficient (Wildman–Crippen LogP) is 1.15. The predicted molar refractivity (Wildman–Crippen MR) is 74.2 cm³/mol. The molecule has 21 heavy (non-hydrogen) atoms. The van der Waals surface area contributed by atoms with E-state index in [0.29, 0.717) is 28.5 Å². The Kier molecular flexibility index (Phi) is 2.98. The SMILES string of the molecule is Cc1cc(C(=O)Nc2cc3c(cc2N)OCC(=O)N3)on1. The fraction of sp³-hybridized carbons (Fsp3) is 0.154. The van der Waals surface area contributed by atoms with Crippen LogP contribution in [0.15, 0.2) is 22.7 Å². The van der Waals surface area contributed by atoms with Crippen molar-refractivity contribution in [3.8, 4) is 5.75 Å². The molecule has 1 aromatic heterocycles. The molecule has 0 bridgehead atoms. The number of rotatable bonds is 2. The molecule has 0 unspecified atom stereocenters. The van der Waals surface area contributed by atoms with Gasteiger partial charge in [-0.05, 0) is 13.0 Å². The lowest BCUT2D eigenvalue weighted by Gasteiger charge is -2.19. The summed E-state index contributed by atoms with van der Waals surface area (Å²) in [6.07, 6.45) is 0. The monoisotopic (exact) mass is 288 g/mol. The van der Waals surface area contributed by atoms with Gasteiger partial charge in [0.25, 0.3) is 11.8 Å². The maximum absolute atomic E-state index is 12.0. The van der Waals surface area contributed by atoms with Crippen LogP contribution in [-0.2, 0) is 4.79 Å². The number of aromatic nitrogens is 1. The highest BCUT2D eigenvalue weighted by Gasteiger charge is 2.20. The molecule has 0 atom stereocenters. The molecule has 0 fully saturated rings. The van der Waals surface area contributed by atoms with Crippen molar-refractivity contribution >= 4 is 28.9 Å². The molecule has 0 saturated carbocycles. The van der Waals surface area contributed by atoms with Crippen molar-refractivity contribution in [3.63, 3.8) is 0 Å². The van der Waals surface area contributed by atoms with Gasteiger partial charge >= 0.3 is 0 Å². The molecule has 8 nitrogen and oxygen atoms in total. The Morgan fingerprint density at radius 1 is 1.43 bits per heavy atom. The summed E-state index contributed by atoms with van der Waals surface area (Å²) in [5.74, 6) is -0.216. The largest absolute Gasteiger partial charge is 0.482 e. The number of amides is 2. The van der Waals surface area contributed by atoms with Gasteiger partial charge in [0.15, 0.2) is 6.61 Å². The van der Waals surface area contributed by atoms with E-state index >= 15 is 0 Å². The number of carbonyl (C=O) groups excluding carboxylic acids is 2. The van der Waals surface area contributed by atoms with E-state index in [9.17, 15) is 9.59 Å². The Bertz CT molecular complexity index is 738. The second-order valence-corrected chi connectivity index (χ2v) is 4.56. The Morgan fingerprint density at radius 2 is 2.24 bits per heavy atom. The van der Waals surface area contributed by atoms with Gasteiger partial charge in [-0.15, -0.1) is 0 Å². The van der Waals surface area contributed by atoms with E-state index < -0.39 is 5.91 Å². The van der Waals surface area contributed by atoms with Gasteiger partial charge in [-0.25, -0.2) is 0 Å². The van der Waals surface area contributed by atoms with Crippen LogP contribution in [0.3, 0.4) is 0 Å². The number of aryl methyl sites for hydroxylation is 1. The minimum Gasteiger partial charge on any atom is -0.482 e. The van der Waals surface area contributed by atoms with Gasteiger partial charge in [0.2, 0.25) is 5.76 Å². The fourth-order valence-corrected chi connectivity index (χ4v) is 1.90. The lowest BCUT2D eigenvalue weighted by Crippen LogP contribution is -2.25. The number of carbonyl (C=O) groups is 2. The molecule has 8 heteroatoms. The number of fused-ring (bicyclic) bond motifs is 1. The Morgan fingerprint density at radius 3 is 2.95 bits per heavy atom. The second kappa shape index (κ2) is 4.82. The first-order valence-corrected chi connectivity index (χ1v) is 6.14. The lowest BCUT2D eigenvalue weighted by atomic mass is 10.2. The van der Waals surface area contributed by atoms with Gasteiger partial charge in [-0.3, -0.25) is 9.59 Å².